The molecule has 0 aromatic rings. The molecule has 2 atom stereocenters. The highest BCUT2D eigenvalue weighted by Gasteiger charge is 2.44. The fourth-order valence-corrected chi connectivity index (χ4v) is 3.95. The van der Waals surface area contributed by atoms with E-state index in [0.717, 1.165) is 19.5 Å². The Morgan fingerprint density at radius 2 is 2.08 bits per heavy atom. The average molecular weight is 202 g/mol. The Kier molecular flexibility index (Phi) is 2.15. The number of rotatable bonds is 2. The van der Waals surface area contributed by atoms with Gasteiger partial charge in [0.2, 0.25) is 0 Å². The van der Waals surface area contributed by atoms with Gasteiger partial charge in [0.05, 0.1) is 0 Å². The molecule has 2 heterocycles. The Labute approximate surface area is 80.5 Å². The minimum absolute atomic E-state index is 0.225. The van der Waals surface area contributed by atoms with E-state index in [9.17, 15) is 4.21 Å². The zero-order chi connectivity index (χ0) is 9.64. The maximum absolute atomic E-state index is 11.5. The summed E-state index contributed by atoms with van der Waals surface area (Å²) in [6.45, 7) is 6.51. The van der Waals surface area contributed by atoms with E-state index in [1.807, 2.05) is 0 Å². The van der Waals surface area contributed by atoms with Crippen LogP contribution in [0.1, 0.15) is 20.3 Å². The summed E-state index contributed by atoms with van der Waals surface area (Å²) in [4.78, 5) is 2.39. The van der Waals surface area contributed by atoms with Crippen molar-refractivity contribution in [3.8, 4) is 0 Å². The summed E-state index contributed by atoms with van der Waals surface area (Å²) in [6.07, 6.45) is 1.03. The summed E-state index contributed by atoms with van der Waals surface area (Å²) in [5, 5.41) is 0.225. The molecule has 13 heavy (non-hydrogen) atoms. The summed E-state index contributed by atoms with van der Waals surface area (Å²) in [5.74, 6) is 1.21. The van der Waals surface area contributed by atoms with Gasteiger partial charge < -0.3 is 4.90 Å². The molecule has 2 unspecified atom stereocenters. The van der Waals surface area contributed by atoms with Gasteiger partial charge in [-0.2, -0.15) is 0 Å². The molecule has 0 aromatic heterocycles. The van der Waals surface area contributed by atoms with E-state index in [-0.39, 0.29) is 5.25 Å². The molecule has 1 N–H and O–H groups in total. The van der Waals surface area contributed by atoms with Crippen LogP contribution in [-0.4, -0.2) is 39.2 Å². The van der Waals surface area contributed by atoms with Crippen LogP contribution in [0.5, 0.6) is 0 Å². The van der Waals surface area contributed by atoms with Gasteiger partial charge in [-0.05, 0) is 26.2 Å². The average Bonchev–Trinajstić information content (AvgIpc) is 1.92. The third-order valence-corrected chi connectivity index (χ3v) is 5.83. The van der Waals surface area contributed by atoms with Gasteiger partial charge in [-0.1, -0.05) is 0 Å². The molecule has 0 saturated carbocycles. The molecule has 2 aliphatic rings. The normalized spacial score (nSPS) is 41.6. The summed E-state index contributed by atoms with van der Waals surface area (Å²) >= 11 is 0. The Morgan fingerprint density at radius 1 is 1.46 bits per heavy atom. The number of hydrogen-bond acceptors (Lipinski definition) is 3. The van der Waals surface area contributed by atoms with Crippen LogP contribution in [0.25, 0.3) is 0 Å². The van der Waals surface area contributed by atoms with Crippen LogP contribution in [-0.2, 0) is 9.73 Å². The second-order valence-electron chi connectivity index (χ2n) is 4.57. The van der Waals surface area contributed by atoms with Crippen molar-refractivity contribution >= 4 is 9.73 Å². The molecule has 0 spiro atoms. The largest absolute Gasteiger partial charge is 0.300 e. The standard InChI is InChI=1S/C9H18N2OS/c1-7(2)11-5-8(6-11)9-3-4-13(9,10)12/h7-10H,3-6H2,1-2H3. The van der Waals surface area contributed by atoms with E-state index in [4.69, 9.17) is 4.78 Å². The fourth-order valence-electron chi connectivity index (χ4n) is 2.22. The van der Waals surface area contributed by atoms with E-state index in [1.165, 1.54) is 0 Å². The van der Waals surface area contributed by atoms with Crippen LogP contribution in [0.2, 0.25) is 0 Å². The number of nitrogens with zero attached hydrogens (tertiary/aromatic N) is 1. The summed E-state index contributed by atoms with van der Waals surface area (Å²) in [5.41, 5.74) is 0. The van der Waals surface area contributed by atoms with Gasteiger partial charge in [0.25, 0.3) is 0 Å². The molecule has 0 bridgehead atoms. The van der Waals surface area contributed by atoms with Gasteiger partial charge in [0.15, 0.2) is 0 Å². The molecule has 0 radical (unpaired) electrons. The van der Waals surface area contributed by atoms with E-state index in [1.54, 1.807) is 0 Å². The Balaban J connectivity index is 1.88. The van der Waals surface area contributed by atoms with Gasteiger partial charge in [0.1, 0.15) is 0 Å². The van der Waals surface area contributed by atoms with E-state index in [2.05, 4.69) is 18.7 Å². The maximum atomic E-state index is 11.5. The minimum Gasteiger partial charge on any atom is -0.300 e. The molecule has 2 aliphatic heterocycles. The van der Waals surface area contributed by atoms with E-state index < -0.39 is 9.73 Å². The van der Waals surface area contributed by atoms with Crippen molar-refractivity contribution in [2.75, 3.05) is 18.8 Å². The zero-order valence-corrected chi connectivity index (χ0v) is 9.14. The Morgan fingerprint density at radius 3 is 2.38 bits per heavy atom. The highest BCUT2D eigenvalue weighted by Crippen LogP contribution is 2.34. The van der Waals surface area contributed by atoms with Crippen LogP contribution in [0.15, 0.2) is 0 Å². The predicted molar refractivity (Wildman–Crippen MR) is 54.3 cm³/mol. The summed E-state index contributed by atoms with van der Waals surface area (Å²) in [6, 6.07) is 0.609. The number of likely N-dealkylation sites (tertiary alicyclic amines) is 1. The van der Waals surface area contributed by atoms with Crippen molar-refractivity contribution in [1.82, 2.24) is 4.90 Å². The van der Waals surface area contributed by atoms with Crippen LogP contribution in [0.4, 0.5) is 0 Å². The minimum atomic E-state index is -2.16. The highest BCUT2D eigenvalue weighted by atomic mass is 32.2. The predicted octanol–water partition coefficient (Wildman–Crippen LogP) is 1.15. The topological polar surface area (TPSA) is 44.2 Å². The molecular weight excluding hydrogens is 184 g/mol. The first-order chi connectivity index (χ1) is 6.00. The molecule has 0 aromatic carbocycles. The van der Waals surface area contributed by atoms with E-state index >= 15 is 0 Å². The first kappa shape index (κ1) is 9.46. The van der Waals surface area contributed by atoms with E-state index in [0.29, 0.717) is 17.7 Å². The van der Waals surface area contributed by atoms with Crippen molar-refractivity contribution in [2.24, 2.45) is 5.92 Å². The summed E-state index contributed by atoms with van der Waals surface area (Å²) in [7, 11) is -2.16. The summed E-state index contributed by atoms with van der Waals surface area (Å²) < 4.78 is 19.1. The molecule has 3 nitrogen and oxygen atoms in total. The fraction of sp³-hybridized carbons (Fsp3) is 1.00. The van der Waals surface area contributed by atoms with Crippen molar-refractivity contribution in [1.29, 1.82) is 4.78 Å². The zero-order valence-electron chi connectivity index (χ0n) is 8.32. The van der Waals surface area contributed by atoms with Gasteiger partial charge in [-0.15, -0.1) is 0 Å². The van der Waals surface area contributed by atoms with Crippen molar-refractivity contribution in [3.63, 3.8) is 0 Å². The first-order valence-electron chi connectivity index (χ1n) is 5.00. The lowest BCUT2D eigenvalue weighted by atomic mass is 9.92. The second kappa shape index (κ2) is 2.95. The van der Waals surface area contributed by atoms with Crippen molar-refractivity contribution in [2.45, 2.75) is 31.6 Å². The molecule has 4 heteroatoms. The van der Waals surface area contributed by atoms with Crippen LogP contribution in [0.3, 0.4) is 0 Å². The monoisotopic (exact) mass is 202 g/mol. The molecule has 2 saturated heterocycles. The van der Waals surface area contributed by atoms with Crippen LogP contribution in [0, 0.1) is 10.7 Å². The quantitative estimate of drug-likeness (QED) is 0.730. The van der Waals surface area contributed by atoms with Gasteiger partial charge in [0, 0.05) is 39.9 Å². The molecular formula is C9H18N2OS. The smallest absolute Gasteiger partial charge is 0.0490 e. The maximum Gasteiger partial charge on any atom is 0.0490 e. The van der Waals surface area contributed by atoms with Gasteiger partial charge in [-0.25, -0.2) is 4.21 Å². The lowest BCUT2D eigenvalue weighted by Crippen LogP contribution is -2.59. The molecule has 0 aliphatic carbocycles. The van der Waals surface area contributed by atoms with Gasteiger partial charge in [-0.3, -0.25) is 4.78 Å². The highest BCUT2D eigenvalue weighted by molar-refractivity contribution is 7.94. The van der Waals surface area contributed by atoms with Crippen molar-refractivity contribution in [3.05, 3.63) is 0 Å². The number of hydrogen-bond donors (Lipinski definition) is 1. The number of nitrogens with one attached hydrogen (secondary N) is 1. The first-order valence-corrected chi connectivity index (χ1v) is 6.79. The van der Waals surface area contributed by atoms with Crippen LogP contribution < -0.4 is 0 Å². The van der Waals surface area contributed by atoms with Crippen LogP contribution >= 0.6 is 0 Å². The SMILES string of the molecule is CC(C)N1CC(C2CCS2(=N)=O)C1. The third kappa shape index (κ3) is 1.50. The lowest BCUT2D eigenvalue weighted by molar-refractivity contribution is 0.0624. The Bertz CT molecular complexity index is 291. The lowest BCUT2D eigenvalue weighted by Gasteiger charge is -2.48. The molecule has 0 amide bonds. The van der Waals surface area contributed by atoms with Crippen molar-refractivity contribution < 1.29 is 4.21 Å². The Hall–Kier alpha value is -0.0900. The second-order valence-corrected chi connectivity index (χ2v) is 7.03. The molecule has 76 valence electrons. The molecule has 2 rings (SSSR count). The van der Waals surface area contributed by atoms with Gasteiger partial charge >= 0.3 is 0 Å². The third-order valence-electron chi connectivity index (χ3n) is 3.39. The molecule has 2 fully saturated rings.